The van der Waals surface area contributed by atoms with Crippen molar-refractivity contribution in [3.63, 3.8) is 0 Å². The number of unbranched alkanes of at least 4 members (excludes halogenated alkanes) is 2. The number of sulfone groups is 1. The Bertz CT molecular complexity index is 631. The Hall–Kier alpha value is -1.70. The van der Waals surface area contributed by atoms with E-state index in [4.69, 9.17) is 0 Å². The molecule has 23 heavy (non-hydrogen) atoms. The highest BCUT2D eigenvalue weighted by Crippen LogP contribution is 2.20. The largest absolute Gasteiger partial charge is 0.354 e. The van der Waals surface area contributed by atoms with Crippen LogP contribution in [0.5, 0.6) is 0 Å². The van der Waals surface area contributed by atoms with Crippen LogP contribution in [-0.2, 0) is 9.84 Å². The third-order valence-electron chi connectivity index (χ3n) is 4.07. The molecule has 1 saturated heterocycles. The van der Waals surface area contributed by atoms with E-state index in [9.17, 15) is 13.2 Å². The number of rotatable bonds is 7. The maximum absolute atomic E-state index is 11.9. The summed E-state index contributed by atoms with van der Waals surface area (Å²) in [4.78, 5) is 13.7. The van der Waals surface area contributed by atoms with Crippen molar-refractivity contribution >= 4 is 21.6 Å². The van der Waals surface area contributed by atoms with E-state index in [1.165, 1.54) is 0 Å². The molecular formula is C15H24N4O3S. The predicted molar refractivity (Wildman–Crippen MR) is 89.4 cm³/mol. The van der Waals surface area contributed by atoms with Crippen molar-refractivity contribution in [1.82, 2.24) is 15.5 Å². The number of hydrogen-bond acceptors (Lipinski definition) is 6. The maximum atomic E-state index is 11.9. The normalized spacial score (nSPS) is 19.5. The van der Waals surface area contributed by atoms with Crippen LogP contribution >= 0.6 is 0 Å². The van der Waals surface area contributed by atoms with Gasteiger partial charge in [-0.15, -0.1) is 10.2 Å². The molecule has 8 heteroatoms. The molecule has 1 N–H and O–H groups in total. The van der Waals surface area contributed by atoms with Gasteiger partial charge >= 0.3 is 0 Å². The molecule has 1 aliphatic heterocycles. The number of amides is 1. The van der Waals surface area contributed by atoms with Crippen molar-refractivity contribution in [3.05, 3.63) is 17.8 Å². The van der Waals surface area contributed by atoms with E-state index < -0.39 is 9.84 Å². The molecule has 0 saturated carbocycles. The van der Waals surface area contributed by atoms with Crippen LogP contribution in [0.15, 0.2) is 12.1 Å². The molecule has 1 fully saturated rings. The van der Waals surface area contributed by atoms with Gasteiger partial charge in [-0.1, -0.05) is 19.8 Å². The van der Waals surface area contributed by atoms with Gasteiger partial charge in [-0.05, 0) is 25.0 Å². The highest BCUT2D eigenvalue weighted by atomic mass is 32.2. The lowest BCUT2D eigenvalue weighted by atomic mass is 10.2. The highest BCUT2D eigenvalue weighted by Gasteiger charge is 2.31. The van der Waals surface area contributed by atoms with Gasteiger partial charge in [0.2, 0.25) is 0 Å². The summed E-state index contributed by atoms with van der Waals surface area (Å²) in [5.74, 6) is 0.708. The third kappa shape index (κ3) is 4.89. The van der Waals surface area contributed by atoms with E-state index in [2.05, 4.69) is 22.4 Å². The number of hydrogen-bond donors (Lipinski definition) is 1. The molecule has 0 radical (unpaired) electrons. The fourth-order valence-electron chi connectivity index (χ4n) is 2.57. The van der Waals surface area contributed by atoms with Gasteiger partial charge in [-0.25, -0.2) is 8.42 Å². The molecule has 7 nitrogen and oxygen atoms in total. The Balaban J connectivity index is 1.92. The Labute approximate surface area is 137 Å². The molecule has 0 aromatic carbocycles. The number of carbonyl (C=O) groups excluding carboxylic acids is 1. The van der Waals surface area contributed by atoms with Crippen molar-refractivity contribution in [2.75, 3.05) is 30.0 Å². The van der Waals surface area contributed by atoms with E-state index in [0.717, 1.165) is 19.3 Å². The number of nitrogens with one attached hydrogen (secondary N) is 1. The minimum atomic E-state index is -2.94. The topological polar surface area (TPSA) is 92.3 Å². The van der Waals surface area contributed by atoms with Crippen molar-refractivity contribution in [2.24, 2.45) is 0 Å². The van der Waals surface area contributed by atoms with Crippen LogP contribution in [0, 0.1) is 0 Å². The zero-order valence-electron chi connectivity index (χ0n) is 13.7. The zero-order chi connectivity index (χ0) is 16.9. The molecule has 0 bridgehead atoms. The van der Waals surface area contributed by atoms with Crippen LogP contribution in [0.25, 0.3) is 0 Å². The third-order valence-corrected chi connectivity index (χ3v) is 5.82. The summed E-state index contributed by atoms with van der Waals surface area (Å²) in [5, 5.41) is 10.8. The second-order valence-corrected chi connectivity index (χ2v) is 8.14. The summed E-state index contributed by atoms with van der Waals surface area (Å²) < 4.78 is 23.1. The van der Waals surface area contributed by atoms with Gasteiger partial charge in [0.1, 0.15) is 0 Å². The van der Waals surface area contributed by atoms with Gasteiger partial charge in [0.05, 0.1) is 11.5 Å². The fourth-order valence-corrected chi connectivity index (χ4v) is 4.34. The first-order valence-corrected chi connectivity index (χ1v) is 9.80. The summed E-state index contributed by atoms with van der Waals surface area (Å²) >= 11 is 0. The quantitative estimate of drug-likeness (QED) is 0.745. The Kier molecular flexibility index (Phi) is 5.92. The van der Waals surface area contributed by atoms with Gasteiger partial charge in [0, 0.05) is 19.6 Å². The lowest BCUT2D eigenvalue weighted by molar-refractivity contribution is 0.0947. The molecule has 1 aromatic rings. The Morgan fingerprint density at radius 1 is 1.35 bits per heavy atom. The average molecular weight is 340 g/mol. The monoisotopic (exact) mass is 340 g/mol. The first-order chi connectivity index (χ1) is 10.9. The van der Waals surface area contributed by atoms with Gasteiger partial charge in [0.15, 0.2) is 21.3 Å². The maximum Gasteiger partial charge on any atom is 0.271 e. The minimum Gasteiger partial charge on any atom is -0.354 e. The Morgan fingerprint density at radius 3 is 2.70 bits per heavy atom. The molecular weight excluding hydrogens is 316 g/mol. The van der Waals surface area contributed by atoms with Crippen LogP contribution in [0.4, 0.5) is 5.82 Å². The summed E-state index contributed by atoms with van der Waals surface area (Å²) in [6.07, 6.45) is 3.74. The molecule has 2 heterocycles. The minimum absolute atomic E-state index is 0.0805. The molecule has 128 valence electrons. The zero-order valence-corrected chi connectivity index (χ0v) is 14.5. The summed E-state index contributed by atoms with van der Waals surface area (Å²) in [5.41, 5.74) is 0.276. The molecule has 1 aromatic heterocycles. The molecule has 1 unspecified atom stereocenters. The number of nitrogens with zero attached hydrogens (tertiary/aromatic N) is 3. The van der Waals surface area contributed by atoms with E-state index in [1.54, 1.807) is 19.2 Å². The van der Waals surface area contributed by atoms with Crippen LogP contribution < -0.4 is 10.2 Å². The SMILES string of the molecule is CCCCCNC(=O)c1ccc(N(C)C2CCS(=O)(=O)C2)nn1. The fraction of sp³-hybridized carbons (Fsp3) is 0.667. The molecule has 0 aliphatic carbocycles. The molecule has 1 atom stereocenters. The van der Waals surface area contributed by atoms with Crippen molar-refractivity contribution < 1.29 is 13.2 Å². The highest BCUT2D eigenvalue weighted by molar-refractivity contribution is 7.91. The van der Waals surface area contributed by atoms with E-state index in [1.807, 2.05) is 4.90 Å². The standard InChI is InChI=1S/C15H24N4O3S/c1-3-4-5-9-16-15(20)13-6-7-14(18-17-13)19(2)12-8-10-23(21,22)11-12/h6-7,12H,3-5,8-11H2,1-2H3,(H,16,20). The van der Waals surface area contributed by atoms with E-state index in [-0.39, 0.29) is 29.1 Å². The Morgan fingerprint density at radius 2 is 2.13 bits per heavy atom. The van der Waals surface area contributed by atoms with Crippen LogP contribution in [0.3, 0.4) is 0 Å². The molecule has 1 aliphatic rings. The van der Waals surface area contributed by atoms with Gasteiger partial charge in [-0.3, -0.25) is 4.79 Å². The molecule has 2 rings (SSSR count). The van der Waals surface area contributed by atoms with Gasteiger partial charge in [0.25, 0.3) is 5.91 Å². The number of anilines is 1. The van der Waals surface area contributed by atoms with Crippen LogP contribution in [0.1, 0.15) is 43.1 Å². The van der Waals surface area contributed by atoms with Crippen molar-refractivity contribution in [1.29, 1.82) is 0 Å². The number of carbonyl (C=O) groups is 1. The van der Waals surface area contributed by atoms with Crippen molar-refractivity contribution in [2.45, 2.75) is 38.6 Å². The summed E-state index contributed by atoms with van der Waals surface area (Å²) in [6.45, 7) is 2.74. The van der Waals surface area contributed by atoms with Crippen LogP contribution in [0.2, 0.25) is 0 Å². The molecule has 1 amide bonds. The predicted octanol–water partition coefficient (Wildman–Crippen LogP) is 1.02. The second kappa shape index (κ2) is 7.72. The van der Waals surface area contributed by atoms with Gasteiger partial charge in [-0.2, -0.15) is 0 Å². The smallest absolute Gasteiger partial charge is 0.271 e. The number of aromatic nitrogens is 2. The first kappa shape index (κ1) is 17.7. The second-order valence-electron chi connectivity index (χ2n) is 5.91. The summed E-state index contributed by atoms with van der Waals surface area (Å²) in [7, 11) is -1.13. The van der Waals surface area contributed by atoms with Gasteiger partial charge < -0.3 is 10.2 Å². The summed E-state index contributed by atoms with van der Waals surface area (Å²) in [6, 6.07) is 3.25. The lowest BCUT2D eigenvalue weighted by Crippen LogP contribution is -2.33. The lowest BCUT2D eigenvalue weighted by Gasteiger charge is -2.23. The van der Waals surface area contributed by atoms with Crippen molar-refractivity contribution in [3.8, 4) is 0 Å². The van der Waals surface area contributed by atoms with E-state index in [0.29, 0.717) is 18.8 Å². The average Bonchev–Trinajstić information content (AvgIpc) is 2.91. The molecule has 0 spiro atoms. The first-order valence-electron chi connectivity index (χ1n) is 7.98. The van der Waals surface area contributed by atoms with E-state index >= 15 is 0 Å². The van der Waals surface area contributed by atoms with Crippen LogP contribution in [-0.4, -0.2) is 55.7 Å².